The van der Waals surface area contributed by atoms with E-state index in [1.807, 2.05) is 41.5 Å². The van der Waals surface area contributed by atoms with Gasteiger partial charge in [0.1, 0.15) is 29.1 Å². The van der Waals surface area contributed by atoms with Crippen LogP contribution in [0.3, 0.4) is 0 Å². The van der Waals surface area contributed by atoms with Crippen LogP contribution in [0, 0.1) is 245 Å². The number of alkyl halides is 3. The molecule has 698 valence electrons. The molecule has 0 aromatic heterocycles. The first-order chi connectivity index (χ1) is 54.6. The summed E-state index contributed by atoms with van der Waals surface area (Å²) in [6.07, 6.45) is -4.28. The fraction of sp³-hybridized carbons (Fsp3) is 0.510. The van der Waals surface area contributed by atoms with Gasteiger partial charge < -0.3 is 0 Å². The quantitative estimate of drug-likeness (QED) is 0.105. The summed E-state index contributed by atoms with van der Waals surface area (Å²) in [7, 11) is 0. The minimum atomic E-state index is -4.28. The Morgan fingerprint density at radius 3 is 0.339 bits per heavy atom. The Hall–Kier alpha value is -8.06. The molecule has 0 aliphatic rings. The van der Waals surface area contributed by atoms with Crippen LogP contribution in [-0.2, 0) is 49.5 Å². The molecule has 0 spiro atoms. The molecule has 0 amide bonds. The summed E-state index contributed by atoms with van der Waals surface area (Å²) in [6.45, 7) is 63.8. The first-order valence-corrected chi connectivity index (χ1v) is 39.2. The molecule has 0 aliphatic heterocycles. The fourth-order valence-electron chi connectivity index (χ4n) is 14.8. The standard InChI is InChI=1S/C15H21F3.C13H18F2.3C12H15F3.3C11H12F4.CH4/c1-8-10(3)13(15(16,17)18)11(4)9(2)12(8)14(5,6)7;1-7-10(13(4,5)6)8(2)12(15)9(3)11(7)14;3*1-6-8(12(3,4)5)11(15)10(14)7(2)9(6)13;3*1-5-7(12)9(14)6(11(2,3)4)10(15)8(5)13;/h1-7H3;1-6H3;3*1-5H3;3*1-4H3;1H4. The molecule has 8 aromatic carbocycles. The van der Waals surface area contributed by atoms with Crippen molar-refractivity contribution in [2.45, 2.75) is 334 Å². The molecule has 0 N–H and O–H groups in total. The summed E-state index contributed by atoms with van der Waals surface area (Å²) >= 11 is 0. The fourth-order valence-corrected chi connectivity index (χ4v) is 14.8. The molecule has 124 heavy (non-hydrogen) atoms. The molecule has 8 aromatic rings. The molecule has 0 fully saturated rings. The van der Waals surface area contributed by atoms with Crippen LogP contribution in [0.15, 0.2) is 0 Å². The Labute approximate surface area is 717 Å². The SMILES string of the molecule is C.Cc1c(C)c(C(F)(F)F)c(C)c(C)c1C(C)(C)C.Cc1c(F)c(C)c(C(C)(C)C)c(C)c1F.Cc1c(F)c(C)c(C(C)(C)C)c(F)c1F.Cc1c(F)c(C)c(C(C)(C)C)c(F)c1F.Cc1c(F)c(C)c(C(C)(C)C)c(F)c1F.Cc1c(F)c(F)c(C(C)(C)C)c(F)c1F.Cc1c(F)c(F)c(C(C)(C)C)c(F)c1F.Cc1c(F)c(F)c(C(C)(C)C)c(F)c1F. The zero-order valence-corrected chi connectivity index (χ0v) is 78.3. The van der Waals surface area contributed by atoms with Crippen molar-refractivity contribution in [3.05, 3.63) is 273 Å². The lowest BCUT2D eigenvalue weighted by atomic mass is 9.76. The topological polar surface area (TPSA) is 0 Å². The average Bonchev–Trinajstić information content (AvgIpc) is 0.750. The molecular formula is C98H124F26. The van der Waals surface area contributed by atoms with Crippen molar-refractivity contribution in [1.82, 2.24) is 0 Å². The lowest BCUT2D eigenvalue weighted by Gasteiger charge is -2.29. The Morgan fingerprint density at radius 2 is 0.210 bits per heavy atom. The van der Waals surface area contributed by atoms with Gasteiger partial charge in [0.15, 0.2) is 105 Å². The van der Waals surface area contributed by atoms with E-state index in [2.05, 4.69) is 0 Å². The van der Waals surface area contributed by atoms with Gasteiger partial charge in [-0.05, 0) is 215 Å². The van der Waals surface area contributed by atoms with Crippen molar-refractivity contribution in [3.63, 3.8) is 0 Å². The molecule has 0 saturated carbocycles. The van der Waals surface area contributed by atoms with E-state index in [9.17, 15) is 114 Å². The van der Waals surface area contributed by atoms with E-state index in [-0.39, 0.29) is 73.9 Å². The average molecular weight is 1800 g/mol. The normalized spacial score (nSPS) is 12.0. The van der Waals surface area contributed by atoms with Crippen LogP contribution in [0.25, 0.3) is 0 Å². The Balaban J connectivity index is 0.00000139. The third kappa shape index (κ3) is 25.7. The van der Waals surface area contributed by atoms with E-state index in [1.54, 1.807) is 104 Å². The molecule has 0 atom stereocenters. The second-order valence-electron chi connectivity index (χ2n) is 39.1. The number of benzene rings is 8. The summed E-state index contributed by atoms with van der Waals surface area (Å²) in [5, 5.41) is 0. The van der Waals surface area contributed by atoms with Crippen LogP contribution in [0.2, 0.25) is 0 Å². The second-order valence-corrected chi connectivity index (χ2v) is 39.1. The van der Waals surface area contributed by atoms with Gasteiger partial charge in [0.05, 0.1) is 5.56 Å². The van der Waals surface area contributed by atoms with Gasteiger partial charge in [-0.2, -0.15) is 13.2 Å². The Kier molecular flexibility index (Phi) is 38.7. The van der Waals surface area contributed by atoms with Gasteiger partial charge in [0.2, 0.25) is 0 Å². The number of hydrogen-bond donors (Lipinski definition) is 0. The molecule has 0 aliphatic carbocycles. The summed E-state index contributed by atoms with van der Waals surface area (Å²) in [5.41, 5.74) is -3.68. The van der Waals surface area contributed by atoms with Crippen LogP contribution in [0.5, 0.6) is 0 Å². The zero-order valence-electron chi connectivity index (χ0n) is 78.3. The first kappa shape index (κ1) is 116. The van der Waals surface area contributed by atoms with Gasteiger partial charge in [0.25, 0.3) is 0 Å². The van der Waals surface area contributed by atoms with Gasteiger partial charge in [-0.25, -0.2) is 101 Å². The highest BCUT2D eigenvalue weighted by molar-refractivity contribution is 5.54. The van der Waals surface area contributed by atoms with Crippen LogP contribution >= 0.6 is 0 Å². The smallest absolute Gasteiger partial charge is 0.206 e. The maximum Gasteiger partial charge on any atom is 0.416 e. The molecule has 0 heterocycles. The van der Waals surface area contributed by atoms with Crippen LogP contribution < -0.4 is 0 Å². The molecule has 26 heteroatoms. The third-order valence-electron chi connectivity index (χ3n) is 20.7. The van der Waals surface area contributed by atoms with Crippen molar-refractivity contribution in [2.75, 3.05) is 0 Å². The van der Waals surface area contributed by atoms with Crippen molar-refractivity contribution < 1.29 is 114 Å². The Morgan fingerprint density at radius 1 is 0.113 bits per heavy atom. The predicted molar refractivity (Wildman–Crippen MR) is 448 cm³/mol. The number of hydrogen-bond acceptors (Lipinski definition) is 0. The largest absolute Gasteiger partial charge is 0.416 e. The van der Waals surface area contributed by atoms with Crippen molar-refractivity contribution in [3.8, 4) is 0 Å². The highest BCUT2D eigenvalue weighted by Crippen LogP contribution is 2.44. The van der Waals surface area contributed by atoms with Crippen LogP contribution in [-0.4, -0.2) is 0 Å². The highest BCUT2D eigenvalue weighted by Gasteiger charge is 2.40. The van der Waals surface area contributed by atoms with Crippen molar-refractivity contribution in [1.29, 1.82) is 0 Å². The maximum atomic E-state index is 13.7. The van der Waals surface area contributed by atoms with E-state index < -0.39 is 211 Å². The summed E-state index contributed by atoms with van der Waals surface area (Å²) in [5.74, 6) is -24.6. The van der Waals surface area contributed by atoms with Crippen LogP contribution in [0.4, 0.5) is 114 Å². The summed E-state index contributed by atoms with van der Waals surface area (Å²) in [4.78, 5) is 0. The van der Waals surface area contributed by atoms with Gasteiger partial charge >= 0.3 is 6.18 Å². The van der Waals surface area contributed by atoms with E-state index in [0.29, 0.717) is 22.3 Å². The van der Waals surface area contributed by atoms with E-state index in [0.717, 1.165) is 43.0 Å². The third-order valence-corrected chi connectivity index (χ3v) is 20.7. The van der Waals surface area contributed by atoms with Crippen LogP contribution in [0.1, 0.15) is 313 Å². The van der Waals surface area contributed by atoms with Crippen molar-refractivity contribution in [2.24, 2.45) is 0 Å². The zero-order chi connectivity index (χ0) is 98.2. The molecule has 0 saturated heterocycles. The lowest BCUT2D eigenvalue weighted by Crippen LogP contribution is -2.21. The number of rotatable bonds is 0. The second kappa shape index (κ2) is 41.4. The summed E-state index contributed by atoms with van der Waals surface area (Å²) < 4.78 is 348. The molecule has 0 nitrogen and oxygen atoms in total. The molecular weight excluding hydrogens is 1670 g/mol. The Bertz CT molecular complexity index is 4170. The monoisotopic (exact) mass is 1790 g/mol. The molecule has 0 unspecified atom stereocenters. The summed E-state index contributed by atoms with van der Waals surface area (Å²) in [6, 6.07) is 0. The molecule has 0 bridgehead atoms. The van der Waals surface area contributed by atoms with E-state index in [4.69, 9.17) is 0 Å². The van der Waals surface area contributed by atoms with Crippen molar-refractivity contribution >= 4 is 0 Å². The van der Waals surface area contributed by atoms with E-state index in [1.165, 1.54) is 111 Å². The maximum absolute atomic E-state index is 13.7. The molecule has 0 radical (unpaired) electrons. The minimum absolute atomic E-state index is 0. The van der Waals surface area contributed by atoms with Gasteiger partial charge in [-0.1, -0.05) is 174 Å². The van der Waals surface area contributed by atoms with E-state index >= 15 is 0 Å². The first-order valence-electron chi connectivity index (χ1n) is 39.2. The minimum Gasteiger partial charge on any atom is -0.206 e. The van der Waals surface area contributed by atoms with Gasteiger partial charge in [-0.3, -0.25) is 0 Å². The van der Waals surface area contributed by atoms with Gasteiger partial charge in [-0.15, -0.1) is 0 Å². The number of halogens is 26. The highest BCUT2D eigenvalue weighted by atomic mass is 19.4. The molecule has 8 rings (SSSR count). The van der Waals surface area contributed by atoms with Gasteiger partial charge in [0, 0.05) is 72.3 Å². The lowest BCUT2D eigenvalue weighted by molar-refractivity contribution is -0.138. The predicted octanol–water partition coefficient (Wildman–Crippen LogP) is 33.7.